The lowest BCUT2D eigenvalue weighted by Gasteiger charge is -2.18. The number of rotatable bonds is 6. The van der Waals surface area contributed by atoms with Crippen LogP contribution in [-0.4, -0.2) is 49.9 Å². The van der Waals surface area contributed by atoms with E-state index in [1.165, 1.54) is 6.33 Å². The molecule has 0 radical (unpaired) electrons. The molecular formula is C23H21N5O3S2. The Morgan fingerprint density at radius 3 is 2.70 bits per heavy atom. The predicted octanol–water partition coefficient (Wildman–Crippen LogP) is 4.07. The van der Waals surface area contributed by atoms with Gasteiger partial charge in [0, 0.05) is 11.3 Å². The van der Waals surface area contributed by atoms with E-state index in [1.54, 1.807) is 40.8 Å². The number of anilines is 1. The van der Waals surface area contributed by atoms with Crippen molar-refractivity contribution in [2.75, 3.05) is 18.6 Å². The van der Waals surface area contributed by atoms with Crippen molar-refractivity contribution in [3.8, 4) is 17.0 Å². The Morgan fingerprint density at radius 1 is 1.15 bits per heavy atom. The lowest BCUT2D eigenvalue weighted by atomic mass is 10.1. The maximum Gasteiger partial charge on any atom is 0.338 e. The molecular weight excluding hydrogens is 458 g/mol. The molecule has 2 unspecified atom stereocenters. The number of ether oxygens (including phenoxy) is 2. The van der Waals surface area contributed by atoms with Gasteiger partial charge in [-0.3, -0.25) is 0 Å². The number of hydrogen-bond acceptors (Lipinski definition) is 9. The molecule has 33 heavy (non-hydrogen) atoms. The molecule has 1 fully saturated rings. The number of nitrogens with two attached hydrogens (primary N) is 1. The highest BCUT2D eigenvalue weighted by molar-refractivity contribution is 8.77. The molecule has 168 valence electrons. The second-order valence-electron chi connectivity index (χ2n) is 7.45. The molecule has 2 N–H and O–H groups in total. The molecule has 2 aromatic carbocycles. The molecule has 5 rings (SSSR count). The Balaban J connectivity index is 1.43. The summed E-state index contributed by atoms with van der Waals surface area (Å²) in [6, 6.07) is 16.7. The molecule has 1 saturated heterocycles. The second kappa shape index (κ2) is 9.32. The fraction of sp³-hybridized carbons (Fsp3) is 0.217. The van der Waals surface area contributed by atoms with Gasteiger partial charge in [-0.1, -0.05) is 39.8 Å². The summed E-state index contributed by atoms with van der Waals surface area (Å²) in [7, 11) is 5.01. The molecule has 0 bridgehead atoms. The lowest BCUT2D eigenvalue weighted by Crippen LogP contribution is -2.31. The van der Waals surface area contributed by atoms with E-state index in [1.807, 2.05) is 47.1 Å². The van der Waals surface area contributed by atoms with E-state index in [-0.39, 0.29) is 17.3 Å². The van der Waals surface area contributed by atoms with Crippen LogP contribution in [0.4, 0.5) is 5.82 Å². The minimum atomic E-state index is -0.315. The maximum atomic E-state index is 12.6. The van der Waals surface area contributed by atoms with Gasteiger partial charge in [0.25, 0.3) is 0 Å². The van der Waals surface area contributed by atoms with Crippen molar-refractivity contribution < 1.29 is 14.3 Å². The lowest BCUT2D eigenvalue weighted by molar-refractivity contribution is 0.0342. The van der Waals surface area contributed by atoms with Crippen LogP contribution in [0.2, 0.25) is 0 Å². The van der Waals surface area contributed by atoms with Crippen LogP contribution in [0.5, 0.6) is 5.75 Å². The third-order valence-corrected chi connectivity index (χ3v) is 8.24. The monoisotopic (exact) mass is 479 g/mol. The van der Waals surface area contributed by atoms with E-state index < -0.39 is 0 Å². The molecule has 8 nitrogen and oxygen atoms in total. The quantitative estimate of drug-likeness (QED) is 0.323. The fourth-order valence-electron chi connectivity index (χ4n) is 3.68. The number of carbonyl (C=O) groups is 1. The largest absolute Gasteiger partial charge is 0.497 e. The van der Waals surface area contributed by atoms with Gasteiger partial charge >= 0.3 is 5.97 Å². The van der Waals surface area contributed by atoms with E-state index in [4.69, 9.17) is 20.3 Å². The van der Waals surface area contributed by atoms with Crippen LogP contribution in [0.25, 0.3) is 22.3 Å². The molecule has 10 heteroatoms. The minimum absolute atomic E-state index is 0.0191. The number of nitrogens with zero attached hydrogens (tertiary/aromatic N) is 4. The van der Waals surface area contributed by atoms with E-state index in [2.05, 4.69) is 9.97 Å². The average molecular weight is 480 g/mol. The number of carbonyl (C=O) groups excluding carboxylic acids is 1. The Bertz CT molecular complexity index is 1280. The normalized spacial score (nSPS) is 17.8. The van der Waals surface area contributed by atoms with Gasteiger partial charge in [0.1, 0.15) is 29.7 Å². The summed E-state index contributed by atoms with van der Waals surface area (Å²) in [5, 5.41) is 5.57. The Kier molecular flexibility index (Phi) is 6.10. The highest BCUT2D eigenvalue weighted by Gasteiger charge is 2.34. The molecule has 0 amide bonds. The van der Waals surface area contributed by atoms with Crippen LogP contribution in [0.15, 0.2) is 60.9 Å². The molecule has 1 aliphatic rings. The van der Waals surface area contributed by atoms with Crippen LogP contribution in [0.3, 0.4) is 0 Å². The highest BCUT2D eigenvalue weighted by Crippen LogP contribution is 2.41. The summed E-state index contributed by atoms with van der Waals surface area (Å²) in [5.74, 6) is 1.53. The molecule has 0 aliphatic carbocycles. The molecule has 0 saturated carbocycles. The van der Waals surface area contributed by atoms with Gasteiger partial charge in [-0.2, -0.15) is 5.10 Å². The number of hydrogen-bond donors (Lipinski definition) is 1. The third-order valence-electron chi connectivity index (χ3n) is 5.38. The number of fused-ring (bicyclic) bond motifs is 1. The Labute approximate surface area is 198 Å². The van der Waals surface area contributed by atoms with Crippen LogP contribution in [0.1, 0.15) is 10.4 Å². The topological polar surface area (TPSA) is 105 Å². The van der Waals surface area contributed by atoms with E-state index in [0.29, 0.717) is 34.7 Å². The average Bonchev–Trinajstić information content (AvgIpc) is 3.45. The van der Waals surface area contributed by atoms with Crippen LogP contribution in [0, 0.1) is 0 Å². The summed E-state index contributed by atoms with van der Waals surface area (Å²) in [5.41, 5.74) is 9.02. The summed E-state index contributed by atoms with van der Waals surface area (Å²) >= 11 is 0. The maximum absolute atomic E-state index is 12.6. The van der Waals surface area contributed by atoms with Crippen LogP contribution >= 0.6 is 21.6 Å². The zero-order valence-electron chi connectivity index (χ0n) is 17.7. The Morgan fingerprint density at radius 2 is 1.94 bits per heavy atom. The zero-order chi connectivity index (χ0) is 22.8. The van der Waals surface area contributed by atoms with Crippen molar-refractivity contribution in [3.63, 3.8) is 0 Å². The number of nitrogen functional groups attached to an aromatic ring is 1. The number of aromatic nitrogens is 4. The van der Waals surface area contributed by atoms with Gasteiger partial charge in [0.05, 0.1) is 29.9 Å². The molecule has 2 atom stereocenters. The van der Waals surface area contributed by atoms with Gasteiger partial charge in [-0.25, -0.2) is 19.4 Å². The van der Waals surface area contributed by atoms with Gasteiger partial charge in [-0.15, -0.1) is 0 Å². The zero-order valence-corrected chi connectivity index (χ0v) is 19.4. The highest BCUT2D eigenvalue weighted by atomic mass is 33.1. The minimum Gasteiger partial charge on any atom is -0.497 e. The predicted molar refractivity (Wildman–Crippen MR) is 131 cm³/mol. The van der Waals surface area contributed by atoms with Crippen LogP contribution < -0.4 is 10.5 Å². The summed E-state index contributed by atoms with van der Waals surface area (Å²) < 4.78 is 12.9. The number of esters is 1. The van der Waals surface area contributed by atoms with Gasteiger partial charge < -0.3 is 15.2 Å². The standard InChI is InChI=1S/C23H21N5O3S2/c1-30-16-9-7-14(8-10-16)20-19-21(24)25-13-26-22(19)28(27-20)11-18-17(12-32-33-18)31-23(29)15-5-3-2-4-6-15/h2-10,13,17-18H,11-12H2,1H3,(H2,24,25,26). The first-order valence-corrected chi connectivity index (χ1v) is 12.7. The van der Waals surface area contributed by atoms with E-state index >= 15 is 0 Å². The molecule has 3 heterocycles. The first-order chi connectivity index (χ1) is 16.1. The summed E-state index contributed by atoms with van der Waals surface area (Å²) in [4.78, 5) is 21.2. The number of benzene rings is 2. The third kappa shape index (κ3) is 4.36. The molecule has 4 aromatic rings. The number of methoxy groups -OCH3 is 1. The van der Waals surface area contributed by atoms with Gasteiger partial charge in [-0.05, 0) is 36.4 Å². The summed E-state index contributed by atoms with van der Waals surface area (Å²) in [6.45, 7) is 0.521. The van der Waals surface area contributed by atoms with Crippen molar-refractivity contribution in [2.45, 2.75) is 17.9 Å². The first kappa shape index (κ1) is 21.6. The van der Waals surface area contributed by atoms with Gasteiger partial charge in [0.2, 0.25) is 0 Å². The van der Waals surface area contributed by atoms with Crippen molar-refractivity contribution in [2.24, 2.45) is 0 Å². The fourth-order valence-corrected chi connectivity index (χ4v) is 6.68. The van der Waals surface area contributed by atoms with Crippen LogP contribution in [-0.2, 0) is 11.3 Å². The second-order valence-corrected chi connectivity index (χ2v) is 10.1. The molecule has 2 aromatic heterocycles. The van der Waals surface area contributed by atoms with E-state index in [0.717, 1.165) is 17.1 Å². The summed E-state index contributed by atoms with van der Waals surface area (Å²) in [6.07, 6.45) is 1.20. The van der Waals surface area contributed by atoms with Crippen molar-refractivity contribution >= 4 is 44.4 Å². The first-order valence-electron chi connectivity index (χ1n) is 10.3. The van der Waals surface area contributed by atoms with Gasteiger partial charge in [0.15, 0.2) is 5.65 Å². The molecule has 0 spiro atoms. The van der Waals surface area contributed by atoms with Crippen molar-refractivity contribution in [3.05, 3.63) is 66.5 Å². The van der Waals surface area contributed by atoms with Crippen molar-refractivity contribution in [1.29, 1.82) is 0 Å². The SMILES string of the molecule is COc1ccc(-c2nn(CC3SSCC3OC(=O)c3ccccc3)c3ncnc(N)c23)cc1. The van der Waals surface area contributed by atoms with Crippen molar-refractivity contribution in [1.82, 2.24) is 19.7 Å². The van der Waals surface area contributed by atoms with E-state index in [9.17, 15) is 4.79 Å². The Hall–Kier alpha value is -3.24. The molecule has 1 aliphatic heterocycles. The smallest absolute Gasteiger partial charge is 0.338 e.